The van der Waals surface area contributed by atoms with Crippen LogP contribution in [0.1, 0.15) is 11.1 Å². The molecule has 0 radical (unpaired) electrons. The highest BCUT2D eigenvalue weighted by Crippen LogP contribution is 2.41. The van der Waals surface area contributed by atoms with E-state index in [1.807, 2.05) is 103 Å². The first-order valence-corrected chi connectivity index (χ1v) is 19.5. The SMILES string of the molecule is N#Cc1ccc(-c2ccc3c(c2)c2ccccc2n3-c2ccc(-c3ccc4c(c3)oc3ccccc34)cc2-c2nc(-c3ccccc3)nc(-c3ccccc3)n2)c(C#N)c1. The summed E-state index contributed by atoms with van der Waals surface area (Å²) < 4.78 is 8.61. The van der Waals surface area contributed by atoms with Gasteiger partial charge in [0.1, 0.15) is 11.2 Å². The van der Waals surface area contributed by atoms with E-state index < -0.39 is 0 Å². The second-order valence-electron chi connectivity index (χ2n) is 14.6. The van der Waals surface area contributed by atoms with Gasteiger partial charge < -0.3 is 8.98 Å². The highest BCUT2D eigenvalue weighted by atomic mass is 16.3. The molecule has 0 aliphatic heterocycles. The molecular weight excluding hydrogens is 737 g/mol. The fourth-order valence-corrected chi connectivity index (χ4v) is 8.28. The molecule has 0 atom stereocenters. The molecule has 278 valence electrons. The summed E-state index contributed by atoms with van der Waals surface area (Å²) in [4.78, 5) is 15.5. The highest BCUT2D eigenvalue weighted by molar-refractivity contribution is 6.11. The summed E-state index contributed by atoms with van der Waals surface area (Å²) in [6.07, 6.45) is 0. The largest absolute Gasteiger partial charge is 0.456 e. The van der Waals surface area contributed by atoms with Crippen molar-refractivity contribution in [3.8, 4) is 74.2 Å². The van der Waals surface area contributed by atoms with Crippen LogP contribution < -0.4 is 0 Å². The molecule has 7 nitrogen and oxygen atoms in total. The van der Waals surface area contributed by atoms with E-state index in [4.69, 9.17) is 19.4 Å². The molecule has 0 bridgehead atoms. The van der Waals surface area contributed by atoms with E-state index in [-0.39, 0.29) is 0 Å². The van der Waals surface area contributed by atoms with E-state index in [9.17, 15) is 10.5 Å². The standard InChI is InChI=1S/C53H30N6O/c54-31-33-19-23-40(39(27-33)32-55)38-22-26-47-44(29-38)41-15-7-9-17-46(41)59(47)48-25-21-36(37-20-24-43-42-16-8-10-18-49(42)60-50(43)30-37)28-45(48)53-57-51(34-11-3-1-4-12-34)56-52(58-53)35-13-5-2-6-14-35/h1-30H. The third-order valence-corrected chi connectivity index (χ3v) is 11.1. The molecule has 11 aromatic rings. The van der Waals surface area contributed by atoms with E-state index in [0.29, 0.717) is 28.6 Å². The maximum absolute atomic E-state index is 10.1. The number of furan rings is 1. The molecule has 3 heterocycles. The van der Waals surface area contributed by atoms with Crippen molar-refractivity contribution >= 4 is 43.7 Å². The van der Waals surface area contributed by atoms with Gasteiger partial charge in [0.15, 0.2) is 17.5 Å². The summed E-state index contributed by atoms with van der Waals surface area (Å²) in [5.41, 5.74) is 11.7. The number of benzene rings is 8. The van der Waals surface area contributed by atoms with Crippen LogP contribution in [-0.2, 0) is 0 Å². The molecule has 0 N–H and O–H groups in total. The summed E-state index contributed by atoms with van der Waals surface area (Å²) in [7, 11) is 0. The maximum Gasteiger partial charge on any atom is 0.166 e. The number of rotatable bonds is 6. The summed E-state index contributed by atoms with van der Waals surface area (Å²) >= 11 is 0. The van der Waals surface area contributed by atoms with E-state index in [1.54, 1.807) is 12.1 Å². The zero-order valence-corrected chi connectivity index (χ0v) is 31.9. The van der Waals surface area contributed by atoms with Gasteiger partial charge in [0, 0.05) is 38.2 Å². The van der Waals surface area contributed by atoms with Crippen molar-refractivity contribution in [2.45, 2.75) is 0 Å². The van der Waals surface area contributed by atoms with Gasteiger partial charge in [-0.2, -0.15) is 10.5 Å². The molecule has 7 heteroatoms. The molecule has 8 aromatic carbocycles. The van der Waals surface area contributed by atoms with E-state index >= 15 is 0 Å². The van der Waals surface area contributed by atoms with Crippen LogP contribution in [0, 0.1) is 22.7 Å². The van der Waals surface area contributed by atoms with Crippen LogP contribution in [0.5, 0.6) is 0 Å². The molecular formula is C53H30N6O. The van der Waals surface area contributed by atoms with Gasteiger partial charge in [-0.1, -0.05) is 121 Å². The number of fused-ring (bicyclic) bond motifs is 6. The monoisotopic (exact) mass is 766 g/mol. The molecule has 0 saturated carbocycles. The number of nitrogens with zero attached hydrogens (tertiary/aromatic N) is 6. The highest BCUT2D eigenvalue weighted by Gasteiger charge is 2.21. The molecule has 0 fully saturated rings. The van der Waals surface area contributed by atoms with Gasteiger partial charge in [0.05, 0.1) is 40.0 Å². The van der Waals surface area contributed by atoms with Crippen LogP contribution in [-0.4, -0.2) is 19.5 Å². The van der Waals surface area contributed by atoms with Gasteiger partial charge in [-0.3, -0.25) is 0 Å². The van der Waals surface area contributed by atoms with E-state index in [1.165, 1.54) is 0 Å². The zero-order valence-electron chi connectivity index (χ0n) is 31.9. The molecule has 60 heavy (non-hydrogen) atoms. The molecule has 3 aromatic heterocycles. The van der Waals surface area contributed by atoms with Crippen molar-refractivity contribution in [2.24, 2.45) is 0 Å². The van der Waals surface area contributed by atoms with Crippen LogP contribution in [0.3, 0.4) is 0 Å². The van der Waals surface area contributed by atoms with Gasteiger partial charge in [-0.15, -0.1) is 0 Å². The average molecular weight is 767 g/mol. The summed E-state index contributed by atoms with van der Waals surface area (Å²) in [5.74, 6) is 1.67. The Hall–Kier alpha value is -8.65. The topological polar surface area (TPSA) is 104 Å². The van der Waals surface area contributed by atoms with Crippen LogP contribution in [0.15, 0.2) is 186 Å². The first kappa shape index (κ1) is 34.6. The Labute approximate surface area is 344 Å². The fraction of sp³-hybridized carbons (Fsp3) is 0. The summed E-state index contributed by atoms with van der Waals surface area (Å²) in [5, 5.41) is 23.8. The Morgan fingerprint density at radius 1 is 0.400 bits per heavy atom. The minimum Gasteiger partial charge on any atom is -0.456 e. The molecule has 11 rings (SSSR count). The zero-order chi connectivity index (χ0) is 40.2. The molecule has 0 aliphatic rings. The van der Waals surface area contributed by atoms with Crippen molar-refractivity contribution in [3.63, 3.8) is 0 Å². The quantitative estimate of drug-likeness (QED) is 0.167. The minimum absolute atomic E-state index is 0.450. The van der Waals surface area contributed by atoms with Crippen molar-refractivity contribution in [3.05, 3.63) is 193 Å². The molecule has 0 amide bonds. The molecule has 0 spiro atoms. The Morgan fingerprint density at radius 2 is 1.02 bits per heavy atom. The second kappa shape index (κ2) is 14.1. The minimum atomic E-state index is 0.450. The molecule has 0 saturated heterocycles. The Kier molecular flexibility index (Phi) is 8.11. The third kappa shape index (κ3) is 5.77. The Bertz CT molecular complexity index is 3520. The fourth-order valence-electron chi connectivity index (χ4n) is 8.28. The number of hydrogen-bond acceptors (Lipinski definition) is 6. The predicted molar refractivity (Wildman–Crippen MR) is 238 cm³/mol. The van der Waals surface area contributed by atoms with Crippen LogP contribution in [0.4, 0.5) is 0 Å². The van der Waals surface area contributed by atoms with Crippen molar-refractivity contribution in [2.75, 3.05) is 0 Å². The number of nitriles is 2. The lowest BCUT2D eigenvalue weighted by molar-refractivity contribution is 0.669. The Balaban J connectivity index is 1.18. The van der Waals surface area contributed by atoms with Crippen LogP contribution >= 0.6 is 0 Å². The van der Waals surface area contributed by atoms with Gasteiger partial charge in [-0.25, -0.2) is 15.0 Å². The lowest BCUT2D eigenvalue weighted by Crippen LogP contribution is -2.04. The van der Waals surface area contributed by atoms with Gasteiger partial charge in [0.25, 0.3) is 0 Å². The third-order valence-electron chi connectivity index (χ3n) is 11.1. The number of para-hydroxylation sites is 2. The summed E-state index contributed by atoms with van der Waals surface area (Å²) in [6, 6.07) is 65.3. The second-order valence-corrected chi connectivity index (χ2v) is 14.6. The summed E-state index contributed by atoms with van der Waals surface area (Å²) in [6.45, 7) is 0. The number of hydrogen-bond donors (Lipinski definition) is 0. The van der Waals surface area contributed by atoms with E-state index in [2.05, 4.69) is 83.4 Å². The van der Waals surface area contributed by atoms with Crippen molar-refractivity contribution < 1.29 is 4.42 Å². The molecule has 0 aliphatic carbocycles. The van der Waals surface area contributed by atoms with Crippen LogP contribution in [0.25, 0.3) is 106 Å². The van der Waals surface area contributed by atoms with Crippen molar-refractivity contribution in [1.82, 2.24) is 19.5 Å². The lowest BCUT2D eigenvalue weighted by atomic mass is 9.97. The first-order chi connectivity index (χ1) is 29.6. The Morgan fingerprint density at radius 3 is 1.77 bits per heavy atom. The maximum atomic E-state index is 10.1. The van der Waals surface area contributed by atoms with Gasteiger partial charge in [-0.05, 0) is 82.9 Å². The molecule has 0 unspecified atom stereocenters. The van der Waals surface area contributed by atoms with Gasteiger partial charge >= 0.3 is 0 Å². The lowest BCUT2D eigenvalue weighted by Gasteiger charge is -2.16. The van der Waals surface area contributed by atoms with Gasteiger partial charge in [0.2, 0.25) is 0 Å². The van der Waals surface area contributed by atoms with Crippen LogP contribution in [0.2, 0.25) is 0 Å². The predicted octanol–water partition coefficient (Wildman–Crippen LogP) is 12.9. The number of aromatic nitrogens is 4. The normalized spacial score (nSPS) is 11.3. The van der Waals surface area contributed by atoms with E-state index in [0.717, 1.165) is 88.4 Å². The smallest absolute Gasteiger partial charge is 0.166 e. The first-order valence-electron chi connectivity index (χ1n) is 19.5. The average Bonchev–Trinajstić information content (AvgIpc) is 3.86. The van der Waals surface area contributed by atoms with Crippen molar-refractivity contribution in [1.29, 1.82) is 10.5 Å².